The van der Waals surface area contributed by atoms with Crippen molar-refractivity contribution in [1.82, 2.24) is 4.98 Å². The quantitative estimate of drug-likeness (QED) is 0.597. The summed E-state index contributed by atoms with van der Waals surface area (Å²) in [6, 6.07) is 14.9. The minimum Gasteiger partial charge on any atom is -0.247 e. The van der Waals surface area contributed by atoms with Crippen LogP contribution in [0.2, 0.25) is 0 Å². The van der Waals surface area contributed by atoms with Crippen LogP contribution >= 0.6 is 0 Å². The van der Waals surface area contributed by atoms with Crippen LogP contribution < -0.4 is 0 Å². The number of para-hydroxylation sites is 1. The van der Waals surface area contributed by atoms with Crippen molar-refractivity contribution in [3.05, 3.63) is 65.7 Å². The number of pyridine rings is 1. The Morgan fingerprint density at radius 2 is 1.57 bits per heavy atom. The van der Waals surface area contributed by atoms with Crippen LogP contribution in [0.1, 0.15) is 11.1 Å². The highest BCUT2D eigenvalue weighted by Crippen LogP contribution is 2.37. The van der Waals surface area contributed by atoms with E-state index in [0.29, 0.717) is 16.5 Å². The van der Waals surface area contributed by atoms with Crippen molar-refractivity contribution in [3.63, 3.8) is 0 Å². The molecule has 3 aromatic rings. The highest BCUT2D eigenvalue weighted by Gasteiger charge is 2.34. The van der Waals surface area contributed by atoms with Crippen LogP contribution in [0.25, 0.3) is 22.2 Å². The molecule has 0 saturated carbocycles. The van der Waals surface area contributed by atoms with Crippen molar-refractivity contribution in [1.29, 1.82) is 0 Å². The van der Waals surface area contributed by atoms with Gasteiger partial charge in [0.05, 0.1) is 16.8 Å². The van der Waals surface area contributed by atoms with Gasteiger partial charge in [-0.15, -0.1) is 0 Å². The zero-order valence-electron chi connectivity index (χ0n) is 11.3. The Labute approximate surface area is 120 Å². The number of aryl methyl sites for hydroxylation is 1. The number of aromatic nitrogens is 1. The average Bonchev–Trinajstić information content (AvgIpc) is 2.46. The van der Waals surface area contributed by atoms with Gasteiger partial charge >= 0.3 is 6.18 Å². The van der Waals surface area contributed by atoms with Gasteiger partial charge in [0, 0.05) is 10.9 Å². The Morgan fingerprint density at radius 3 is 2.24 bits per heavy atom. The van der Waals surface area contributed by atoms with Crippen LogP contribution in [0, 0.1) is 6.92 Å². The molecule has 0 aliphatic heterocycles. The number of hydrogen-bond acceptors (Lipinski definition) is 1. The molecule has 0 bridgehead atoms. The fourth-order valence-electron chi connectivity index (χ4n) is 2.26. The van der Waals surface area contributed by atoms with Crippen LogP contribution in [0.15, 0.2) is 54.6 Å². The summed E-state index contributed by atoms with van der Waals surface area (Å²) in [4.78, 5) is 4.22. The number of hydrogen-bond donors (Lipinski definition) is 0. The fraction of sp³-hybridized carbons (Fsp3) is 0.118. The Morgan fingerprint density at radius 1 is 0.905 bits per heavy atom. The van der Waals surface area contributed by atoms with E-state index in [1.54, 1.807) is 48.5 Å². The molecule has 1 aromatic heterocycles. The maximum absolute atomic E-state index is 13.3. The second-order valence-corrected chi connectivity index (χ2v) is 4.94. The van der Waals surface area contributed by atoms with E-state index in [0.717, 1.165) is 11.6 Å². The van der Waals surface area contributed by atoms with E-state index in [4.69, 9.17) is 0 Å². The van der Waals surface area contributed by atoms with E-state index in [-0.39, 0.29) is 5.69 Å². The molecule has 0 aliphatic carbocycles. The SMILES string of the molecule is Cc1ccc(-c2nc3ccccc3cc2C(F)(F)F)cc1. The number of fused-ring (bicyclic) bond motifs is 1. The zero-order valence-corrected chi connectivity index (χ0v) is 11.3. The first kappa shape index (κ1) is 13.6. The summed E-state index contributed by atoms with van der Waals surface area (Å²) in [5.41, 5.74) is 1.29. The van der Waals surface area contributed by atoms with Crippen molar-refractivity contribution in [3.8, 4) is 11.3 Å². The molecule has 0 saturated heterocycles. The van der Waals surface area contributed by atoms with Gasteiger partial charge in [0.2, 0.25) is 0 Å². The van der Waals surface area contributed by atoms with Gasteiger partial charge in [-0.3, -0.25) is 0 Å². The smallest absolute Gasteiger partial charge is 0.247 e. The summed E-state index contributed by atoms with van der Waals surface area (Å²) in [5.74, 6) is 0. The normalized spacial score (nSPS) is 11.8. The molecule has 0 radical (unpaired) electrons. The lowest BCUT2D eigenvalue weighted by atomic mass is 10.0. The standard InChI is InChI=1S/C17H12F3N/c1-11-6-8-12(9-7-11)16-14(17(18,19)20)10-13-4-2-3-5-15(13)21-16/h2-10H,1H3. The summed E-state index contributed by atoms with van der Waals surface area (Å²) in [6.45, 7) is 1.89. The van der Waals surface area contributed by atoms with E-state index in [9.17, 15) is 13.2 Å². The van der Waals surface area contributed by atoms with E-state index in [1.807, 2.05) is 6.92 Å². The van der Waals surface area contributed by atoms with Crippen LogP contribution in [0.5, 0.6) is 0 Å². The molecule has 0 aliphatic rings. The van der Waals surface area contributed by atoms with Gasteiger partial charge in [0.25, 0.3) is 0 Å². The third-order valence-corrected chi connectivity index (χ3v) is 3.35. The summed E-state index contributed by atoms with van der Waals surface area (Å²) in [5, 5.41) is 0.487. The van der Waals surface area contributed by atoms with Crippen LogP contribution in [-0.2, 0) is 6.18 Å². The molecule has 2 aromatic carbocycles. The maximum atomic E-state index is 13.3. The molecule has 0 N–H and O–H groups in total. The zero-order chi connectivity index (χ0) is 15.0. The van der Waals surface area contributed by atoms with Crippen LogP contribution in [-0.4, -0.2) is 4.98 Å². The third kappa shape index (κ3) is 2.61. The molecule has 1 nitrogen and oxygen atoms in total. The van der Waals surface area contributed by atoms with Gasteiger partial charge < -0.3 is 0 Å². The van der Waals surface area contributed by atoms with Crippen molar-refractivity contribution in [2.24, 2.45) is 0 Å². The van der Waals surface area contributed by atoms with Crippen molar-refractivity contribution < 1.29 is 13.2 Å². The third-order valence-electron chi connectivity index (χ3n) is 3.35. The topological polar surface area (TPSA) is 12.9 Å². The Kier molecular flexibility index (Phi) is 3.16. The Bertz CT molecular complexity index is 789. The molecule has 0 fully saturated rings. The predicted molar refractivity (Wildman–Crippen MR) is 76.9 cm³/mol. The number of nitrogens with zero attached hydrogens (tertiary/aromatic N) is 1. The number of halogens is 3. The number of benzene rings is 2. The molecular weight excluding hydrogens is 275 g/mol. The van der Waals surface area contributed by atoms with E-state index in [2.05, 4.69) is 4.98 Å². The predicted octanol–water partition coefficient (Wildman–Crippen LogP) is 5.23. The largest absolute Gasteiger partial charge is 0.418 e. The monoisotopic (exact) mass is 287 g/mol. The van der Waals surface area contributed by atoms with Crippen LogP contribution in [0.4, 0.5) is 13.2 Å². The first-order valence-corrected chi connectivity index (χ1v) is 6.49. The molecule has 0 atom stereocenters. The highest BCUT2D eigenvalue weighted by molar-refractivity contribution is 5.83. The molecule has 0 unspecified atom stereocenters. The van der Waals surface area contributed by atoms with E-state index >= 15 is 0 Å². The highest BCUT2D eigenvalue weighted by atomic mass is 19.4. The van der Waals surface area contributed by atoms with Gasteiger partial charge in [-0.1, -0.05) is 48.0 Å². The summed E-state index contributed by atoms with van der Waals surface area (Å²) >= 11 is 0. The lowest BCUT2D eigenvalue weighted by Gasteiger charge is -2.13. The van der Waals surface area contributed by atoms with Crippen molar-refractivity contribution in [2.45, 2.75) is 13.1 Å². The molecule has 0 spiro atoms. The lowest BCUT2D eigenvalue weighted by molar-refractivity contribution is -0.137. The van der Waals surface area contributed by atoms with Crippen molar-refractivity contribution >= 4 is 10.9 Å². The summed E-state index contributed by atoms with van der Waals surface area (Å²) in [7, 11) is 0. The molecule has 1 heterocycles. The molecular formula is C17H12F3N. The lowest BCUT2D eigenvalue weighted by Crippen LogP contribution is -2.08. The fourth-order valence-corrected chi connectivity index (χ4v) is 2.26. The van der Waals surface area contributed by atoms with E-state index < -0.39 is 11.7 Å². The second kappa shape index (κ2) is 4.88. The van der Waals surface area contributed by atoms with E-state index in [1.165, 1.54) is 0 Å². The molecule has 106 valence electrons. The second-order valence-electron chi connectivity index (χ2n) is 4.94. The molecule has 4 heteroatoms. The van der Waals surface area contributed by atoms with Gasteiger partial charge in [0.1, 0.15) is 0 Å². The molecule has 21 heavy (non-hydrogen) atoms. The Hall–Kier alpha value is -2.36. The minimum atomic E-state index is -4.43. The van der Waals surface area contributed by atoms with Gasteiger partial charge in [0.15, 0.2) is 0 Å². The Balaban J connectivity index is 2.30. The maximum Gasteiger partial charge on any atom is 0.418 e. The number of rotatable bonds is 1. The first-order chi connectivity index (χ1) is 9.95. The summed E-state index contributed by atoms with van der Waals surface area (Å²) in [6.07, 6.45) is -4.43. The first-order valence-electron chi connectivity index (χ1n) is 6.49. The van der Waals surface area contributed by atoms with Crippen LogP contribution in [0.3, 0.4) is 0 Å². The van der Waals surface area contributed by atoms with Crippen molar-refractivity contribution in [2.75, 3.05) is 0 Å². The molecule has 0 amide bonds. The van der Waals surface area contributed by atoms with Gasteiger partial charge in [-0.25, -0.2) is 4.98 Å². The minimum absolute atomic E-state index is 0.0267. The van der Waals surface area contributed by atoms with Gasteiger partial charge in [-0.2, -0.15) is 13.2 Å². The molecule has 3 rings (SSSR count). The van der Waals surface area contributed by atoms with Gasteiger partial charge in [-0.05, 0) is 19.1 Å². The average molecular weight is 287 g/mol. The number of alkyl halides is 3. The summed E-state index contributed by atoms with van der Waals surface area (Å²) < 4.78 is 39.9.